The Balaban J connectivity index is 1.09. The Morgan fingerprint density at radius 2 is 1.52 bits per heavy atom. The van der Waals surface area contributed by atoms with Gasteiger partial charge in [-0.05, 0) is 153 Å². The molecule has 5 aliphatic carbocycles. The number of ketones is 3. The van der Waals surface area contributed by atoms with Gasteiger partial charge in [0.1, 0.15) is 0 Å². The number of amides is 2. The highest BCUT2D eigenvalue weighted by atomic mass is 16.2. The molecule has 3 N–H and O–H groups in total. The Labute approximate surface area is 335 Å². The van der Waals surface area contributed by atoms with Crippen LogP contribution in [-0.4, -0.2) is 58.7 Å². The van der Waals surface area contributed by atoms with Gasteiger partial charge in [-0.15, -0.1) is 0 Å². The maximum absolute atomic E-state index is 14.5. The van der Waals surface area contributed by atoms with Gasteiger partial charge in [0.05, 0.1) is 12.0 Å². The van der Waals surface area contributed by atoms with E-state index in [1.54, 1.807) is 25.7 Å². The van der Waals surface area contributed by atoms with E-state index < -0.39 is 17.9 Å². The van der Waals surface area contributed by atoms with E-state index in [9.17, 15) is 24.0 Å². The van der Waals surface area contributed by atoms with Crippen LogP contribution in [0.2, 0.25) is 0 Å². The van der Waals surface area contributed by atoms with Crippen LogP contribution in [0.4, 0.5) is 0 Å². The minimum absolute atomic E-state index is 0.0488. The first kappa shape index (κ1) is 42.0. The van der Waals surface area contributed by atoms with E-state index in [4.69, 9.17) is 5.73 Å². The van der Waals surface area contributed by atoms with Crippen LogP contribution in [-0.2, 0) is 30.4 Å². The number of unbranched alkanes of at least 4 members (excludes halogenated alkanes) is 1. The SMILES string of the molecule is CC1=C(C)C(=O)C(CCCC[C@H](CC(=O)[C@@H]2CCCN2C(=O)[C@H](/C=C/[C@@H](N)CCC23CC4CC(CC(C4)C2)C3)Cc2ccccc2)C(=O)NC(C)C)=C(C)C1=O. The highest BCUT2D eigenvalue weighted by Crippen LogP contribution is 2.61. The summed E-state index contributed by atoms with van der Waals surface area (Å²) in [6, 6.07) is 9.29. The van der Waals surface area contributed by atoms with Crippen LogP contribution in [0.5, 0.6) is 0 Å². The number of likely N-dealkylation sites (tertiary alicyclic amines) is 1. The summed E-state index contributed by atoms with van der Waals surface area (Å²) < 4.78 is 0. The van der Waals surface area contributed by atoms with Gasteiger partial charge in [-0.1, -0.05) is 48.9 Å². The number of benzene rings is 1. The molecule has 8 nitrogen and oxygen atoms in total. The molecule has 1 saturated heterocycles. The van der Waals surface area contributed by atoms with E-state index in [0.717, 1.165) is 36.2 Å². The topological polar surface area (TPSA) is 127 Å². The Hall–Kier alpha value is -3.65. The summed E-state index contributed by atoms with van der Waals surface area (Å²) in [6.07, 6.45) is 18.7. The molecule has 5 fully saturated rings. The molecular weight excluding hydrogens is 699 g/mol. The summed E-state index contributed by atoms with van der Waals surface area (Å²) in [6.45, 7) is 9.45. The molecule has 0 unspecified atom stereocenters. The minimum atomic E-state index is -0.565. The lowest BCUT2D eigenvalue weighted by Gasteiger charge is -2.57. The van der Waals surface area contributed by atoms with Gasteiger partial charge in [-0.3, -0.25) is 24.0 Å². The van der Waals surface area contributed by atoms with Gasteiger partial charge in [0.2, 0.25) is 11.8 Å². The van der Waals surface area contributed by atoms with Gasteiger partial charge in [0, 0.05) is 53.3 Å². The summed E-state index contributed by atoms with van der Waals surface area (Å²) in [7, 11) is 0. The molecule has 1 aromatic carbocycles. The van der Waals surface area contributed by atoms with Crippen LogP contribution >= 0.6 is 0 Å². The average molecular weight is 766 g/mol. The number of allylic oxidation sites excluding steroid dienone is 4. The number of nitrogens with zero attached hydrogens (tertiary/aromatic N) is 1. The van der Waals surface area contributed by atoms with Crippen molar-refractivity contribution in [3.8, 4) is 0 Å². The molecule has 0 aromatic heterocycles. The Morgan fingerprint density at radius 3 is 2.16 bits per heavy atom. The van der Waals surface area contributed by atoms with Gasteiger partial charge in [-0.2, -0.15) is 0 Å². The molecule has 1 heterocycles. The van der Waals surface area contributed by atoms with Gasteiger partial charge < -0.3 is 16.0 Å². The highest BCUT2D eigenvalue weighted by Gasteiger charge is 2.50. The summed E-state index contributed by atoms with van der Waals surface area (Å²) in [5, 5.41) is 3.01. The molecular formula is C48H67N3O5. The molecule has 1 aromatic rings. The van der Waals surface area contributed by atoms with Crippen molar-refractivity contribution in [2.24, 2.45) is 40.7 Å². The lowest BCUT2D eigenvalue weighted by atomic mass is 9.48. The molecule has 0 radical (unpaired) electrons. The van der Waals surface area contributed by atoms with Gasteiger partial charge in [0.15, 0.2) is 17.3 Å². The van der Waals surface area contributed by atoms with E-state index in [2.05, 4.69) is 11.4 Å². The molecule has 4 bridgehead atoms. The minimum Gasteiger partial charge on any atom is -0.354 e. The number of hydrogen-bond donors (Lipinski definition) is 2. The van der Waals surface area contributed by atoms with Crippen molar-refractivity contribution in [1.29, 1.82) is 0 Å². The fourth-order valence-electron chi connectivity index (χ4n) is 11.4. The van der Waals surface area contributed by atoms with Crippen molar-refractivity contribution >= 4 is 29.2 Å². The molecule has 304 valence electrons. The molecule has 2 amide bonds. The normalized spacial score (nSPS) is 27.8. The summed E-state index contributed by atoms with van der Waals surface area (Å²) in [4.78, 5) is 69.4. The van der Waals surface area contributed by atoms with Crippen LogP contribution in [0.3, 0.4) is 0 Å². The zero-order valence-electron chi connectivity index (χ0n) is 34.7. The molecule has 6 aliphatic rings. The second-order valence-electron chi connectivity index (χ2n) is 18.8. The molecule has 8 heteroatoms. The van der Waals surface area contributed by atoms with Crippen LogP contribution in [0.1, 0.15) is 136 Å². The van der Waals surface area contributed by atoms with Crippen molar-refractivity contribution in [2.75, 3.05) is 6.54 Å². The Kier molecular flexibility index (Phi) is 13.7. The second-order valence-corrected chi connectivity index (χ2v) is 18.8. The molecule has 4 saturated carbocycles. The molecule has 0 spiro atoms. The highest BCUT2D eigenvalue weighted by molar-refractivity contribution is 6.24. The predicted octanol–water partition coefficient (Wildman–Crippen LogP) is 8.18. The average Bonchev–Trinajstić information content (AvgIpc) is 3.66. The van der Waals surface area contributed by atoms with Crippen LogP contribution in [0.25, 0.3) is 0 Å². The number of carbonyl (C=O) groups is 5. The third-order valence-corrected chi connectivity index (χ3v) is 14.1. The maximum Gasteiger partial charge on any atom is 0.230 e. The first-order valence-corrected chi connectivity index (χ1v) is 21.8. The maximum atomic E-state index is 14.5. The monoisotopic (exact) mass is 766 g/mol. The van der Waals surface area contributed by atoms with E-state index >= 15 is 0 Å². The van der Waals surface area contributed by atoms with E-state index in [-0.39, 0.29) is 47.7 Å². The first-order valence-electron chi connectivity index (χ1n) is 21.8. The van der Waals surface area contributed by atoms with Gasteiger partial charge in [0.25, 0.3) is 0 Å². The van der Waals surface area contributed by atoms with Gasteiger partial charge >= 0.3 is 0 Å². The number of nitrogens with two attached hydrogens (primary N) is 1. The van der Waals surface area contributed by atoms with E-state index in [0.29, 0.717) is 72.8 Å². The first-order chi connectivity index (χ1) is 26.7. The lowest BCUT2D eigenvalue weighted by Crippen LogP contribution is -2.46. The van der Waals surface area contributed by atoms with Crippen LogP contribution in [0, 0.1) is 35.0 Å². The fourth-order valence-corrected chi connectivity index (χ4v) is 11.4. The number of hydrogen-bond acceptors (Lipinski definition) is 6. The third kappa shape index (κ3) is 9.89. The smallest absolute Gasteiger partial charge is 0.230 e. The van der Waals surface area contributed by atoms with Crippen LogP contribution < -0.4 is 11.1 Å². The quantitative estimate of drug-likeness (QED) is 0.0882. The van der Waals surface area contributed by atoms with Crippen LogP contribution in [0.15, 0.2) is 64.8 Å². The zero-order valence-corrected chi connectivity index (χ0v) is 34.7. The molecule has 4 atom stereocenters. The van der Waals surface area contributed by atoms with Gasteiger partial charge in [-0.25, -0.2) is 0 Å². The Bertz CT molecular complexity index is 1700. The fraction of sp³-hybridized carbons (Fsp3) is 0.646. The number of Topliss-reactive ketones (excluding diaryl/α,β-unsaturated/α-hetero) is 3. The molecule has 56 heavy (non-hydrogen) atoms. The summed E-state index contributed by atoms with van der Waals surface area (Å²) in [5.41, 5.74) is 10.4. The second kappa shape index (κ2) is 18.3. The zero-order chi connectivity index (χ0) is 40.1. The Morgan fingerprint density at radius 1 is 0.875 bits per heavy atom. The van der Waals surface area contributed by atoms with Crippen molar-refractivity contribution in [3.63, 3.8) is 0 Å². The largest absolute Gasteiger partial charge is 0.354 e. The summed E-state index contributed by atoms with van der Waals surface area (Å²) in [5.74, 6) is 1.32. The third-order valence-electron chi connectivity index (χ3n) is 14.1. The molecule has 1 aliphatic heterocycles. The number of rotatable bonds is 18. The van der Waals surface area contributed by atoms with Crippen molar-refractivity contribution in [3.05, 3.63) is 70.3 Å². The number of carbonyl (C=O) groups excluding carboxylic acids is 5. The predicted molar refractivity (Wildman–Crippen MR) is 221 cm³/mol. The van der Waals surface area contributed by atoms with E-state index in [1.807, 2.05) is 50.3 Å². The van der Waals surface area contributed by atoms with Crippen molar-refractivity contribution < 1.29 is 24.0 Å². The lowest BCUT2D eigenvalue weighted by molar-refractivity contribution is -0.140. The van der Waals surface area contributed by atoms with Crippen molar-refractivity contribution in [1.82, 2.24) is 10.2 Å². The number of nitrogens with one attached hydrogen (secondary N) is 1. The summed E-state index contributed by atoms with van der Waals surface area (Å²) >= 11 is 0. The van der Waals surface area contributed by atoms with E-state index in [1.165, 1.54) is 44.9 Å². The molecule has 7 rings (SSSR count). The van der Waals surface area contributed by atoms with Crippen molar-refractivity contribution in [2.45, 2.75) is 155 Å². The standard InChI is InChI=1S/C48H67N3O5/c1-30(2)50-46(55)38(14-9-10-15-41-33(5)44(53)31(3)32(4)45(41)54)26-43(52)42-16-11-21-51(42)47(56)39(25-34-12-7-6-8-13-34)17-18-40(49)19-20-48-27-35-22-36(28-48)24-37(23-35)29-48/h6-8,12-13,17-18,30,35-40,42H,9-11,14-16,19-29,49H2,1-5H3,(H,50,55)/b18-17+/t35?,36?,37?,38-,39-,40-,42+,48?/m1/s1.